The number of aromatic amines is 1. The lowest BCUT2D eigenvalue weighted by Gasteiger charge is -2.05. The van der Waals surface area contributed by atoms with Gasteiger partial charge in [-0.1, -0.05) is 0 Å². The highest BCUT2D eigenvalue weighted by Gasteiger charge is 2.22. The molecule has 2 N–H and O–H groups in total. The molecule has 8 nitrogen and oxygen atoms in total. The summed E-state index contributed by atoms with van der Waals surface area (Å²) < 4.78 is 48.3. The second-order valence-electron chi connectivity index (χ2n) is 3.65. The van der Waals surface area contributed by atoms with Crippen molar-refractivity contribution in [1.29, 1.82) is 0 Å². The minimum Gasteiger partial charge on any atom is -0.408 e. The zero-order valence-electron chi connectivity index (χ0n) is 9.45. The minimum atomic E-state index is -4.19. The molecule has 0 fully saturated rings. The van der Waals surface area contributed by atoms with Crippen molar-refractivity contribution < 1.29 is 17.2 Å². The Hall–Kier alpha value is -2.27. The van der Waals surface area contributed by atoms with Gasteiger partial charge in [0.25, 0.3) is 10.0 Å². The van der Waals surface area contributed by atoms with Crippen LogP contribution in [0, 0.1) is 5.82 Å². The van der Waals surface area contributed by atoms with E-state index in [-0.39, 0.29) is 16.2 Å². The fourth-order valence-corrected chi connectivity index (χ4v) is 3.28. The van der Waals surface area contributed by atoms with E-state index >= 15 is 0 Å². The number of oxazole rings is 1. The summed E-state index contributed by atoms with van der Waals surface area (Å²) in [5, 5.41) is 0.0000169. The van der Waals surface area contributed by atoms with Crippen LogP contribution in [0.3, 0.4) is 0 Å². The van der Waals surface area contributed by atoms with Gasteiger partial charge in [0.05, 0.1) is 5.52 Å². The van der Waals surface area contributed by atoms with Gasteiger partial charge in [0.1, 0.15) is 17.0 Å². The first-order valence-corrected chi connectivity index (χ1v) is 7.33. The van der Waals surface area contributed by atoms with Gasteiger partial charge in [-0.05, 0) is 0 Å². The fraction of sp³-hybridized carbons (Fsp3) is 0. The molecular formula is C9H5FN4O4S2. The summed E-state index contributed by atoms with van der Waals surface area (Å²) in [6, 6.07) is 1.79. The summed E-state index contributed by atoms with van der Waals surface area (Å²) in [6.07, 6.45) is 1.16. The second-order valence-corrected chi connectivity index (χ2v) is 6.08. The van der Waals surface area contributed by atoms with Gasteiger partial charge in [-0.15, -0.1) is 0 Å². The summed E-state index contributed by atoms with van der Waals surface area (Å²) in [5.41, 5.74) is 0.0106. The van der Waals surface area contributed by atoms with Gasteiger partial charge < -0.3 is 4.42 Å². The number of hydrogen-bond acceptors (Lipinski definition) is 7. The monoisotopic (exact) mass is 316 g/mol. The molecule has 3 aromatic rings. The molecule has 0 saturated heterocycles. The fourth-order valence-electron chi connectivity index (χ4n) is 1.55. The maximum absolute atomic E-state index is 13.8. The first-order valence-electron chi connectivity index (χ1n) is 5.07. The van der Waals surface area contributed by atoms with Crippen LogP contribution in [0.1, 0.15) is 0 Å². The van der Waals surface area contributed by atoms with Gasteiger partial charge in [0.15, 0.2) is 5.58 Å². The number of nitrogens with one attached hydrogen (secondary N) is 2. The molecule has 0 aliphatic heterocycles. The van der Waals surface area contributed by atoms with Gasteiger partial charge in [-0.25, -0.2) is 22.6 Å². The van der Waals surface area contributed by atoms with Crippen LogP contribution in [-0.4, -0.2) is 22.8 Å². The zero-order chi connectivity index (χ0) is 14.3. The van der Waals surface area contributed by atoms with Crippen molar-refractivity contribution in [2.45, 2.75) is 4.90 Å². The first-order chi connectivity index (χ1) is 9.45. The Bertz CT molecular complexity index is 929. The van der Waals surface area contributed by atoms with Crippen LogP contribution in [0.5, 0.6) is 0 Å². The highest BCUT2D eigenvalue weighted by atomic mass is 32.2. The second kappa shape index (κ2) is 4.38. The number of sulfonamides is 1. The van der Waals surface area contributed by atoms with Crippen molar-refractivity contribution in [3.63, 3.8) is 0 Å². The van der Waals surface area contributed by atoms with Crippen LogP contribution in [-0.2, 0) is 10.0 Å². The lowest BCUT2D eigenvalue weighted by molar-refractivity contribution is 0.548. The molecule has 20 heavy (non-hydrogen) atoms. The van der Waals surface area contributed by atoms with Gasteiger partial charge in [-0.3, -0.25) is 9.71 Å². The molecule has 0 saturated carbocycles. The van der Waals surface area contributed by atoms with E-state index in [1.807, 2.05) is 0 Å². The molecule has 0 bridgehead atoms. The van der Waals surface area contributed by atoms with Crippen molar-refractivity contribution in [3.05, 3.63) is 34.8 Å². The number of fused-ring (bicyclic) bond motifs is 1. The van der Waals surface area contributed by atoms with E-state index in [0.29, 0.717) is 0 Å². The summed E-state index contributed by atoms with van der Waals surface area (Å²) in [6.45, 7) is 0. The molecule has 3 rings (SSSR count). The molecular weight excluding hydrogens is 311 g/mol. The molecule has 2 heterocycles. The third-order valence-electron chi connectivity index (χ3n) is 2.35. The molecule has 0 unspecified atom stereocenters. The number of nitrogens with zero attached hydrogens (tertiary/aromatic N) is 2. The maximum Gasteiger partial charge on any atom is 0.417 e. The highest BCUT2D eigenvalue weighted by Crippen LogP contribution is 2.23. The number of hydrogen-bond donors (Lipinski definition) is 2. The van der Waals surface area contributed by atoms with Crippen molar-refractivity contribution in [2.75, 3.05) is 4.72 Å². The van der Waals surface area contributed by atoms with Gasteiger partial charge >= 0.3 is 5.76 Å². The Balaban J connectivity index is 2.12. The average molecular weight is 316 g/mol. The third-order valence-corrected chi connectivity index (χ3v) is 4.41. The van der Waals surface area contributed by atoms with Crippen LogP contribution in [0.15, 0.2) is 32.6 Å². The van der Waals surface area contributed by atoms with Crippen molar-refractivity contribution >= 4 is 37.8 Å². The highest BCUT2D eigenvalue weighted by molar-refractivity contribution is 7.93. The standard InChI is InChI=1S/C9H5FN4O4S2/c10-4-1-5-6(18-9(15)13-5)2-7(4)20(16,17)14-8-11-3-12-19-8/h1-3H,(H,13,15)(H,11,12,14). The number of rotatable bonds is 3. The number of benzene rings is 1. The van der Waals surface area contributed by atoms with Gasteiger partial charge in [0, 0.05) is 23.7 Å². The maximum atomic E-state index is 13.8. The lowest BCUT2D eigenvalue weighted by Crippen LogP contribution is -2.14. The largest absolute Gasteiger partial charge is 0.417 e. The van der Waals surface area contributed by atoms with E-state index in [0.717, 1.165) is 30.0 Å². The molecule has 0 atom stereocenters. The molecule has 11 heteroatoms. The van der Waals surface area contributed by atoms with Gasteiger partial charge in [-0.2, -0.15) is 4.37 Å². The molecule has 1 aromatic carbocycles. The van der Waals surface area contributed by atoms with Gasteiger partial charge in [0.2, 0.25) is 5.13 Å². The smallest absolute Gasteiger partial charge is 0.408 e. The number of halogens is 1. The van der Waals surface area contributed by atoms with Crippen LogP contribution < -0.4 is 10.5 Å². The third kappa shape index (κ3) is 2.16. The summed E-state index contributed by atoms with van der Waals surface area (Å²) in [7, 11) is -4.19. The molecule has 0 spiro atoms. The van der Waals surface area contributed by atoms with E-state index in [2.05, 4.69) is 19.1 Å². The van der Waals surface area contributed by atoms with Crippen molar-refractivity contribution in [1.82, 2.24) is 14.3 Å². The van der Waals surface area contributed by atoms with Crippen LogP contribution in [0.25, 0.3) is 11.1 Å². The minimum absolute atomic E-state index is 0.0000169. The predicted molar refractivity (Wildman–Crippen MR) is 67.5 cm³/mol. The molecule has 0 amide bonds. The van der Waals surface area contributed by atoms with E-state index < -0.39 is 26.5 Å². The lowest BCUT2D eigenvalue weighted by atomic mass is 10.3. The number of anilines is 1. The zero-order valence-corrected chi connectivity index (χ0v) is 11.1. The normalized spacial score (nSPS) is 11.8. The molecule has 104 valence electrons. The van der Waals surface area contributed by atoms with Crippen LogP contribution >= 0.6 is 11.5 Å². The Morgan fingerprint density at radius 1 is 1.40 bits per heavy atom. The molecule has 0 radical (unpaired) electrons. The SMILES string of the molecule is O=c1[nH]c2cc(F)c(S(=O)(=O)Nc3ncns3)cc2o1. The molecule has 0 aliphatic carbocycles. The first kappa shape index (κ1) is 12.7. The van der Waals surface area contributed by atoms with Crippen molar-refractivity contribution in [3.8, 4) is 0 Å². The van der Waals surface area contributed by atoms with Crippen molar-refractivity contribution in [2.24, 2.45) is 0 Å². The van der Waals surface area contributed by atoms with E-state index in [9.17, 15) is 17.6 Å². The van der Waals surface area contributed by atoms with E-state index in [1.54, 1.807) is 0 Å². The summed E-state index contributed by atoms with van der Waals surface area (Å²) in [4.78, 5) is 16.2. The topological polar surface area (TPSA) is 118 Å². The van der Waals surface area contributed by atoms with Crippen LogP contribution in [0.4, 0.5) is 9.52 Å². The Morgan fingerprint density at radius 2 is 2.20 bits per heavy atom. The van der Waals surface area contributed by atoms with E-state index in [1.165, 1.54) is 0 Å². The summed E-state index contributed by atoms with van der Waals surface area (Å²) >= 11 is 0.805. The number of aromatic nitrogens is 3. The van der Waals surface area contributed by atoms with Crippen LogP contribution in [0.2, 0.25) is 0 Å². The molecule has 2 aromatic heterocycles. The number of H-pyrrole nitrogens is 1. The molecule has 0 aliphatic rings. The Kier molecular flexibility index (Phi) is 2.79. The van der Waals surface area contributed by atoms with E-state index in [4.69, 9.17) is 4.42 Å². The summed E-state index contributed by atoms with van der Waals surface area (Å²) in [5.74, 6) is -1.82. The predicted octanol–water partition coefficient (Wildman–Crippen LogP) is 0.913. The Labute approximate surface area is 114 Å². The Morgan fingerprint density at radius 3 is 2.90 bits per heavy atom. The average Bonchev–Trinajstić information content (AvgIpc) is 2.95. The quantitative estimate of drug-likeness (QED) is 0.741.